The number of nitrogens with zero attached hydrogens (tertiary/aromatic N) is 3. The molecule has 4 aromatic rings. The summed E-state index contributed by atoms with van der Waals surface area (Å²) in [6.45, 7) is 4.26. The largest absolute Gasteiger partial charge is 0.507 e. The standard InChI is InChI=1S/C26H20ClN3O4S/c1-3-34-16-9-7-15(8-10-16)23(31)21-22(18-6-4-5-11-28-18)30(25(33)24(21)32)26-29-19-13-17(27)14(2)12-20(19)35-26/h4-13,22,31H,3H2,1-2H3/b23-21+. The first-order valence-electron chi connectivity index (χ1n) is 10.9. The molecule has 0 saturated carbocycles. The van der Waals surface area contributed by atoms with Gasteiger partial charge >= 0.3 is 5.91 Å². The number of thiazole rings is 1. The third kappa shape index (κ3) is 4.05. The van der Waals surface area contributed by atoms with Gasteiger partial charge in [0.15, 0.2) is 5.13 Å². The van der Waals surface area contributed by atoms with E-state index in [2.05, 4.69) is 9.97 Å². The lowest BCUT2D eigenvalue weighted by Gasteiger charge is -2.21. The molecule has 7 nitrogen and oxygen atoms in total. The molecule has 35 heavy (non-hydrogen) atoms. The van der Waals surface area contributed by atoms with Gasteiger partial charge in [-0.3, -0.25) is 19.5 Å². The minimum Gasteiger partial charge on any atom is -0.507 e. The van der Waals surface area contributed by atoms with Crippen LogP contribution in [0.5, 0.6) is 5.75 Å². The number of carbonyl (C=O) groups is 2. The highest BCUT2D eigenvalue weighted by molar-refractivity contribution is 7.22. The summed E-state index contributed by atoms with van der Waals surface area (Å²) in [6.07, 6.45) is 1.58. The number of fused-ring (bicyclic) bond motifs is 1. The Morgan fingerprint density at radius 2 is 1.94 bits per heavy atom. The molecule has 3 heterocycles. The maximum absolute atomic E-state index is 13.3. The summed E-state index contributed by atoms with van der Waals surface area (Å²) >= 11 is 7.54. The smallest absolute Gasteiger partial charge is 0.301 e. The molecule has 0 bridgehead atoms. The molecule has 0 radical (unpaired) electrons. The van der Waals surface area contributed by atoms with Crippen LogP contribution in [-0.4, -0.2) is 33.4 Å². The van der Waals surface area contributed by atoms with Gasteiger partial charge in [-0.25, -0.2) is 4.98 Å². The number of benzene rings is 2. The molecule has 1 saturated heterocycles. The fraction of sp³-hybridized carbons (Fsp3) is 0.154. The molecule has 1 unspecified atom stereocenters. The van der Waals surface area contributed by atoms with Crippen LogP contribution in [0.15, 0.2) is 66.4 Å². The van der Waals surface area contributed by atoms with Crippen LogP contribution >= 0.6 is 22.9 Å². The average molecular weight is 506 g/mol. The van der Waals surface area contributed by atoms with Crippen LogP contribution in [0.3, 0.4) is 0 Å². The zero-order chi connectivity index (χ0) is 24.7. The number of ketones is 1. The van der Waals surface area contributed by atoms with Crippen molar-refractivity contribution in [3.05, 3.63) is 88.2 Å². The van der Waals surface area contributed by atoms with E-state index in [1.807, 2.05) is 19.9 Å². The molecular formula is C26H20ClN3O4S. The van der Waals surface area contributed by atoms with E-state index >= 15 is 0 Å². The number of pyridine rings is 1. The summed E-state index contributed by atoms with van der Waals surface area (Å²) in [5, 5.41) is 12.1. The quantitative estimate of drug-likeness (QED) is 0.213. The normalized spacial score (nSPS) is 17.3. The SMILES string of the molecule is CCOc1ccc(/C(O)=C2\C(=O)C(=O)N(c3nc4cc(Cl)c(C)cc4s3)C2c2ccccn2)cc1. The van der Waals surface area contributed by atoms with Gasteiger partial charge in [0.05, 0.1) is 28.1 Å². The number of hydrogen-bond donors (Lipinski definition) is 1. The molecule has 0 aliphatic carbocycles. The number of hydrogen-bond acceptors (Lipinski definition) is 7. The fourth-order valence-electron chi connectivity index (χ4n) is 4.02. The number of carbonyl (C=O) groups excluding carboxylic acids is 2. The molecule has 1 aliphatic heterocycles. The van der Waals surface area contributed by atoms with Gasteiger partial charge < -0.3 is 9.84 Å². The summed E-state index contributed by atoms with van der Waals surface area (Å²) in [6, 6.07) is 14.6. The van der Waals surface area contributed by atoms with Crippen molar-refractivity contribution in [1.82, 2.24) is 9.97 Å². The monoisotopic (exact) mass is 505 g/mol. The predicted molar refractivity (Wildman–Crippen MR) is 136 cm³/mol. The van der Waals surface area contributed by atoms with Gasteiger partial charge in [-0.15, -0.1) is 0 Å². The van der Waals surface area contributed by atoms with Gasteiger partial charge in [-0.1, -0.05) is 29.0 Å². The Hall–Kier alpha value is -3.75. The Morgan fingerprint density at radius 3 is 2.63 bits per heavy atom. The molecule has 5 rings (SSSR count). The number of aliphatic hydroxyl groups excluding tert-OH is 1. The Kier molecular flexibility index (Phi) is 6.00. The van der Waals surface area contributed by atoms with E-state index in [-0.39, 0.29) is 11.3 Å². The Bertz CT molecular complexity index is 1440. The molecule has 2 aromatic carbocycles. The lowest BCUT2D eigenvalue weighted by molar-refractivity contribution is -0.132. The van der Waals surface area contributed by atoms with Crippen molar-refractivity contribution in [2.75, 3.05) is 11.5 Å². The number of ether oxygens (including phenoxy) is 1. The zero-order valence-corrected chi connectivity index (χ0v) is 20.4. The number of amides is 1. The van der Waals surface area contributed by atoms with E-state index in [0.717, 1.165) is 10.3 Å². The van der Waals surface area contributed by atoms with Crippen LogP contribution in [-0.2, 0) is 9.59 Å². The Balaban J connectivity index is 1.68. The molecule has 1 atom stereocenters. The highest BCUT2D eigenvalue weighted by Gasteiger charge is 2.48. The van der Waals surface area contributed by atoms with E-state index in [1.54, 1.807) is 54.7 Å². The van der Waals surface area contributed by atoms with E-state index in [9.17, 15) is 14.7 Å². The Morgan fingerprint density at radius 1 is 1.17 bits per heavy atom. The average Bonchev–Trinajstić information content (AvgIpc) is 3.37. The van der Waals surface area contributed by atoms with Crippen molar-refractivity contribution >= 4 is 55.7 Å². The second kappa shape index (κ2) is 9.13. The first kappa shape index (κ1) is 23.0. The third-order valence-corrected chi connectivity index (χ3v) is 7.14. The maximum atomic E-state index is 13.3. The molecular weight excluding hydrogens is 486 g/mol. The van der Waals surface area contributed by atoms with Crippen LogP contribution in [0, 0.1) is 6.92 Å². The van der Waals surface area contributed by atoms with Crippen molar-refractivity contribution in [3.63, 3.8) is 0 Å². The first-order valence-corrected chi connectivity index (χ1v) is 12.1. The van der Waals surface area contributed by atoms with Crippen LogP contribution in [0.25, 0.3) is 16.0 Å². The third-order valence-electron chi connectivity index (χ3n) is 5.71. The number of anilines is 1. The number of Topliss-reactive ketones (excluding diaryl/α,β-unsaturated/α-hetero) is 1. The maximum Gasteiger partial charge on any atom is 0.301 e. The summed E-state index contributed by atoms with van der Waals surface area (Å²) in [4.78, 5) is 36.9. The first-order chi connectivity index (χ1) is 16.9. The number of aromatic nitrogens is 2. The van der Waals surface area contributed by atoms with Crippen molar-refractivity contribution in [1.29, 1.82) is 0 Å². The molecule has 9 heteroatoms. The van der Waals surface area contributed by atoms with Gasteiger partial charge in [-0.2, -0.15) is 0 Å². The van der Waals surface area contributed by atoms with Crippen molar-refractivity contribution < 1.29 is 19.4 Å². The van der Waals surface area contributed by atoms with Crippen molar-refractivity contribution in [2.24, 2.45) is 0 Å². The summed E-state index contributed by atoms with van der Waals surface area (Å²) in [7, 11) is 0. The number of aryl methyl sites for hydroxylation is 1. The van der Waals surface area contributed by atoms with Gasteiger partial charge in [0, 0.05) is 16.8 Å². The van der Waals surface area contributed by atoms with Gasteiger partial charge in [0.25, 0.3) is 5.78 Å². The molecule has 0 spiro atoms. The fourth-order valence-corrected chi connectivity index (χ4v) is 5.25. The second-order valence-electron chi connectivity index (χ2n) is 7.95. The van der Waals surface area contributed by atoms with Gasteiger partial charge in [0.2, 0.25) is 0 Å². The summed E-state index contributed by atoms with van der Waals surface area (Å²) in [5.74, 6) is -1.24. The minimum absolute atomic E-state index is 0.0497. The molecule has 2 aromatic heterocycles. The number of rotatable bonds is 5. The number of aliphatic hydroxyl groups is 1. The zero-order valence-electron chi connectivity index (χ0n) is 18.9. The summed E-state index contributed by atoms with van der Waals surface area (Å²) < 4.78 is 6.29. The highest BCUT2D eigenvalue weighted by Crippen LogP contribution is 2.44. The topological polar surface area (TPSA) is 92.6 Å². The predicted octanol–water partition coefficient (Wildman–Crippen LogP) is 5.68. The van der Waals surface area contributed by atoms with Gasteiger partial charge in [-0.05, 0) is 67.9 Å². The van der Waals surface area contributed by atoms with E-state index in [0.29, 0.717) is 39.3 Å². The lowest BCUT2D eigenvalue weighted by atomic mass is 9.98. The molecule has 1 aliphatic rings. The molecule has 1 fully saturated rings. The van der Waals surface area contributed by atoms with Crippen LogP contribution in [0.1, 0.15) is 29.8 Å². The van der Waals surface area contributed by atoms with E-state index < -0.39 is 17.7 Å². The van der Waals surface area contributed by atoms with Crippen LogP contribution < -0.4 is 9.64 Å². The number of halogens is 1. The van der Waals surface area contributed by atoms with Crippen molar-refractivity contribution in [3.8, 4) is 5.75 Å². The lowest BCUT2D eigenvalue weighted by Crippen LogP contribution is -2.29. The Labute approximate surface area is 210 Å². The second-order valence-corrected chi connectivity index (χ2v) is 9.36. The van der Waals surface area contributed by atoms with E-state index in [4.69, 9.17) is 16.3 Å². The van der Waals surface area contributed by atoms with Crippen LogP contribution in [0.2, 0.25) is 5.02 Å². The minimum atomic E-state index is -0.945. The van der Waals surface area contributed by atoms with Crippen molar-refractivity contribution in [2.45, 2.75) is 19.9 Å². The van der Waals surface area contributed by atoms with Gasteiger partial charge in [0.1, 0.15) is 17.6 Å². The van der Waals surface area contributed by atoms with E-state index in [1.165, 1.54) is 16.2 Å². The van der Waals surface area contributed by atoms with Crippen LogP contribution in [0.4, 0.5) is 5.13 Å². The highest BCUT2D eigenvalue weighted by atomic mass is 35.5. The molecule has 1 N–H and O–H groups in total. The molecule has 1 amide bonds. The summed E-state index contributed by atoms with van der Waals surface area (Å²) in [5.41, 5.74) is 2.28. The molecule has 176 valence electrons.